The fraction of sp³-hybridized carbons (Fsp3) is 0.588. The highest BCUT2D eigenvalue weighted by Gasteiger charge is 2.24. The highest BCUT2D eigenvalue weighted by molar-refractivity contribution is 5.95. The van der Waals surface area contributed by atoms with Gasteiger partial charge in [-0.15, -0.1) is 0 Å². The number of likely N-dealkylation sites (N-methyl/N-ethyl adjacent to an activating group) is 1. The first kappa shape index (κ1) is 15.0. The molecule has 1 aliphatic rings. The highest BCUT2D eigenvalue weighted by Crippen LogP contribution is 2.23. The van der Waals surface area contributed by atoms with Gasteiger partial charge in [-0.1, -0.05) is 37.5 Å². The van der Waals surface area contributed by atoms with Gasteiger partial charge in [-0.25, -0.2) is 0 Å². The van der Waals surface area contributed by atoms with Gasteiger partial charge < -0.3 is 10.2 Å². The normalized spacial score (nSPS) is 16.1. The highest BCUT2D eigenvalue weighted by atomic mass is 16.2. The van der Waals surface area contributed by atoms with E-state index < -0.39 is 0 Å². The number of amides is 1. The number of carbonyl (C=O) groups is 1. The van der Waals surface area contributed by atoms with E-state index in [0.29, 0.717) is 6.04 Å². The average Bonchev–Trinajstić information content (AvgIpc) is 2.52. The summed E-state index contributed by atoms with van der Waals surface area (Å²) in [5.74, 6) is 0.184. The molecule has 1 aliphatic carbocycles. The van der Waals surface area contributed by atoms with E-state index in [1.165, 1.54) is 19.3 Å². The molecule has 3 nitrogen and oxygen atoms in total. The summed E-state index contributed by atoms with van der Waals surface area (Å²) in [5, 5.41) is 3.15. The topological polar surface area (TPSA) is 32.3 Å². The van der Waals surface area contributed by atoms with Gasteiger partial charge in [-0.3, -0.25) is 4.79 Å². The SMILES string of the molecule is CNCCc1ccccc1C(=O)N(C)C1CCCCC1. The van der Waals surface area contributed by atoms with Gasteiger partial charge in [0.05, 0.1) is 0 Å². The Labute approximate surface area is 122 Å². The fourth-order valence-electron chi connectivity index (χ4n) is 3.03. The van der Waals surface area contributed by atoms with Crippen LogP contribution >= 0.6 is 0 Å². The van der Waals surface area contributed by atoms with E-state index in [1.54, 1.807) is 0 Å². The molecule has 1 aromatic carbocycles. The number of hydrogen-bond donors (Lipinski definition) is 1. The maximum atomic E-state index is 12.7. The van der Waals surface area contributed by atoms with Gasteiger partial charge in [0.25, 0.3) is 5.91 Å². The third-order valence-electron chi connectivity index (χ3n) is 4.33. The van der Waals surface area contributed by atoms with Crippen LogP contribution in [0, 0.1) is 0 Å². The molecule has 20 heavy (non-hydrogen) atoms. The first-order chi connectivity index (χ1) is 9.74. The zero-order chi connectivity index (χ0) is 14.4. The molecule has 1 amide bonds. The van der Waals surface area contributed by atoms with E-state index in [-0.39, 0.29) is 5.91 Å². The summed E-state index contributed by atoms with van der Waals surface area (Å²) in [6.07, 6.45) is 7.03. The van der Waals surface area contributed by atoms with Gasteiger partial charge in [0.15, 0.2) is 0 Å². The summed E-state index contributed by atoms with van der Waals surface area (Å²) in [7, 11) is 3.91. The third kappa shape index (κ3) is 3.60. The van der Waals surface area contributed by atoms with Crippen molar-refractivity contribution in [2.45, 2.75) is 44.6 Å². The lowest BCUT2D eigenvalue weighted by atomic mass is 9.93. The minimum absolute atomic E-state index is 0.184. The van der Waals surface area contributed by atoms with E-state index in [4.69, 9.17) is 0 Å². The molecule has 0 radical (unpaired) electrons. The standard InChI is InChI=1S/C17H26N2O/c1-18-13-12-14-8-6-7-11-16(14)17(20)19(2)15-9-4-3-5-10-15/h6-8,11,15,18H,3-5,9-10,12-13H2,1-2H3. The van der Waals surface area contributed by atoms with Gasteiger partial charge in [0, 0.05) is 18.7 Å². The molecule has 1 aromatic rings. The van der Waals surface area contributed by atoms with Crippen LogP contribution in [0.25, 0.3) is 0 Å². The zero-order valence-electron chi connectivity index (χ0n) is 12.7. The van der Waals surface area contributed by atoms with Crippen molar-refractivity contribution >= 4 is 5.91 Å². The van der Waals surface area contributed by atoms with E-state index >= 15 is 0 Å². The van der Waals surface area contributed by atoms with Gasteiger partial charge >= 0.3 is 0 Å². The Morgan fingerprint density at radius 3 is 2.65 bits per heavy atom. The summed E-state index contributed by atoms with van der Waals surface area (Å²) in [6, 6.07) is 8.44. The summed E-state index contributed by atoms with van der Waals surface area (Å²) in [5.41, 5.74) is 2.02. The van der Waals surface area contributed by atoms with Crippen molar-refractivity contribution in [1.82, 2.24) is 10.2 Å². The Hall–Kier alpha value is -1.35. The largest absolute Gasteiger partial charge is 0.339 e. The Balaban J connectivity index is 2.11. The van der Waals surface area contributed by atoms with Crippen molar-refractivity contribution in [3.63, 3.8) is 0 Å². The van der Waals surface area contributed by atoms with Crippen LogP contribution in [0.15, 0.2) is 24.3 Å². The minimum atomic E-state index is 0.184. The molecule has 1 N–H and O–H groups in total. The van der Waals surface area contributed by atoms with E-state index in [0.717, 1.165) is 36.9 Å². The van der Waals surface area contributed by atoms with E-state index in [9.17, 15) is 4.79 Å². The lowest BCUT2D eigenvalue weighted by Gasteiger charge is -2.31. The maximum Gasteiger partial charge on any atom is 0.254 e. The summed E-state index contributed by atoms with van der Waals surface area (Å²) >= 11 is 0. The van der Waals surface area contributed by atoms with E-state index in [1.807, 2.05) is 37.2 Å². The van der Waals surface area contributed by atoms with Crippen molar-refractivity contribution in [1.29, 1.82) is 0 Å². The number of benzene rings is 1. The van der Waals surface area contributed by atoms with Gasteiger partial charge in [0.2, 0.25) is 0 Å². The van der Waals surface area contributed by atoms with Crippen molar-refractivity contribution < 1.29 is 4.79 Å². The predicted octanol–water partition coefficient (Wildman–Crippen LogP) is 2.85. The second-order valence-corrected chi connectivity index (χ2v) is 5.72. The molecular formula is C17H26N2O. The quantitative estimate of drug-likeness (QED) is 0.895. The van der Waals surface area contributed by atoms with Crippen LogP contribution in [0.4, 0.5) is 0 Å². The molecule has 3 heteroatoms. The molecule has 0 spiro atoms. The van der Waals surface area contributed by atoms with Gasteiger partial charge in [0.1, 0.15) is 0 Å². The molecule has 0 atom stereocenters. The smallest absolute Gasteiger partial charge is 0.254 e. The first-order valence-electron chi connectivity index (χ1n) is 7.73. The van der Waals surface area contributed by atoms with Crippen LogP contribution in [0.5, 0.6) is 0 Å². The maximum absolute atomic E-state index is 12.7. The second-order valence-electron chi connectivity index (χ2n) is 5.72. The third-order valence-corrected chi connectivity index (χ3v) is 4.33. The van der Waals surface area contributed by atoms with Crippen molar-refractivity contribution in [2.75, 3.05) is 20.6 Å². The molecule has 110 valence electrons. The zero-order valence-corrected chi connectivity index (χ0v) is 12.7. The Morgan fingerprint density at radius 1 is 1.25 bits per heavy atom. The molecule has 0 aromatic heterocycles. The van der Waals surface area contributed by atoms with Crippen LogP contribution in [0.3, 0.4) is 0 Å². The van der Waals surface area contributed by atoms with Crippen LogP contribution in [0.1, 0.15) is 48.0 Å². The number of nitrogens with zero attached hydrogens (tertiary/aromatic N) is 1. The van der Waals surface area contributed by atoms with Crippen LogP contribution in [-0.2, 0) is 6.42 Å². The van der Waals surface area contributed by atoms with Crippen molar-refractivity contribution in [3.05, 3.63) is 35.4 Å². The van der Waals surface area contributed by atoms with Crippen LogP contribution in [0.2, 0.25) is 0 Å². The van der Waals surface area contributed by atoms with Gasteiger partial charge in [-0.2, -0.15) is 0 Å². The number of hydrogen-bond acceptors (Lipinski definition) is 2. The van der Waals surface area contributed by atoms with Crippen LogP contribution in [-0.4, -0.2) is 37.5 Å². The molecule has 0 aliphatic heterocycles. The fourth-order valence-corrected chi connectivity index (χ4v) is 3.03. The number of carbonyl (C=O) groups excluding carboxylic acids is 1. The van der Waals surface area contributed by atoms with E-state index in [2.05, 4.69) is 11.4 Å². The molecule has 1 saturated carbocycles. The van der Waals surface area contributed by atoms with Crippen molar-refractivity contribution in [3.8, 4) is 0 Å². The monoisotopic (exact) mass is 274 g/mol. The number of rotatable bonds is 5. The Morgan fingerprint density at radius 2 is 1.95 bits per heavy atom. The lowest BCUT2D eigenvalue weighted by molar-refractivity contribution is 0.0695. The first-order valence-corrected chi connectivity index (χ1v) is 7.73. The van der Waals surface area contributed by atoms with Crippen molar-refractivity contribution in [2.24, 2.45) is 0 Å². The average molecular weight is 274 g/mol. The molecule has 0 saturated heterocycles. The Bertz CT molecular complexity index is 438. The summed E-state index contributed by atoms with van der Waals surface area (Å²) < 4.78 is 0. The number of nitrogens with one attached hydrogen (secondary N) is 1. The predicted molar refractivity (Wildman–Crippen MR) is 83.0 cm³/mol. The summed E-state index contributed by atoms with van der Waals surface area (Å²) in [6.45, 7) is 0.900. The second kappa shape index (κ2) is 7.44. The molecule has 0 bridgehead atoms. The minimum Gasteiger partial charge on any atom is -0.339 e. The molecule has 0 unspecified atom stereocenters. The molecule has 1 fully saturated rings. The lowest BCUT2D eigenvalue weighted by Crippen LogP contribution is -2.38. The molecule has 2 rings (SSSR count). The molecule has 0 heterocycles. The molecular weight excluding hydrogens is 248 g/mol. The Kier molecular flexibility index (Phi) is 5.60. The van der Waals surface area contributed by atoms with Gasteiger partial charge in [-0.05, 0) is 44.5 Å². The summed E-state index contributed by atoms with van der Waals surface area (Å²) in [4.78, 5) is 14.7. The van der Waals surface area contributed by atoms with Crippen LogP contribution < -0.4 is 5.32 Å².